The summed E-state index contributed by atoms with van der Waals surface area (Å²) in [5.74, 6) is 0.994. The van der Waals surface area contributed by atoms with E-state index in [-0.39, 0.29) is 11.8 Å². The van der Waals surface area contributed by atoms with Crippen LogP contribution in [0.2, 0.25) is 0 Å². The molecule has 0 unspecified atom stereocenters. The first kappa shape index (κ1) is 18.8. The van der Waals surface area contributed by atoms with Crippen molar-refractivity contribution in [2.24, 2.45) is 0 Å². The lowest BCUT2D eigenvalue weighted by molar-refractivity contribution is -0.129. The van der Waals surface area contributed by atoms with Crippen molar-refractivity contribution >= 4 is 17.5 Å². The van der Waals surface area contributed by atoms with Gasteiger partial charge in [-0.15, -0.1) is 0 Å². The van der Waals surface area contributed by atoms with E-state index < -0.39 is 0 Å². The van der Waals surface area contributed by atoms with Gasteiger partial charge in [0.25, 0.3) is 5.91 Å². The molecule has 0 bridgehead atoms. The molecule has 1 N–H and O–H groups in total. The summed E-state index contributed by atoms with van der Waals surface area (Å²) in [7, 11) is 3.08. The Morgan fingerprint density at radius 1 is 0.963 bits per heavy atom. The SMILES string of the molecule is COc1ccc(C(=O)Nc2ccc(CC(=O)N3CCCC3)cc2)cc1OC. The highest BCUT2D eigenvalue weighted by atomic mass is 16.5. The minimum absolute atomic E-state index is 0.162. The predicted molar refractivity (Wildman–Crippen MR) is 103 cm³/mol. The fraction of sp³-hybridized carbons (Fsp3) is 0.333. The smallest absolute Gasteiger partial charge is 0.255 e. The van der Waals surface area contributed by atoms with Gasteiger partial charge in [0.05, 0.1) is 20.6 Å². The molecule has 0 aromatic heterocycles. The van der Waals surface area contributed by atoms with Crippen molar-refractivity contribution in [3.8, 4) is 11.5 Å². The van der Waals surface area contributed by atoms with Gasteiger partial charge in [-0.1, -0.05) is 12.1 Å². The average molecular weight is 368 g/mol. The summed E-state index contributed by atoms with van der Waals surface area (Å²) in [5, 5.41) is 2.85. The maximum Gasteiger partial charge on any atom is 0.255 e. The first-order valence-corrected chi connectivity index (χ1v) is 9.01. The Hall–Kier alpha value is -3.02. The largest absolute Gasteiger partial charge is 0.493 e. The summed E-state index contributed by atoms with van der Waals surface area (Å²) in [6, 6.07) is 12.4. The van der Waals surface area contributed by atoms with Crippen molar-refractivity contribution < 1.29 is 19.1 Å². The molecule has 0 aliphatic carbocycles. The number of ether oxygens (including phenoxy) is 2. The van der Waals surface area contributed by atoms with E-state index in [1.807, 2.05) is 29.2 Å². The standard InChI is InChI=1S/C21H24N2O4/c1-26-18-10-7-16(14-19(18)27-2)21(25)22-17-8-5-15(6-9-17)13-20(24)23-11-3-4-12-23/h5-10,14H,3-4,11-13H2,1-2H3,(H,22,25). The molecule has 6 nitrogen and oxygen atoms in total. The van der Waals surface area contributed by atoms with Gasteiger partial charge in [-0.3, -0.25) is 9.59 Å². The summed E-state index contributed by atoms with van der Waals surface area (Å²) < 4.78 is 10.4. The van der Waals surface area contributed by atoms with Crippen LogP contribution < -0.4 is 14.8 Å². The van der Waals surface area contributed by atoms with E-state index in [2.05, 4.69) is 5.32 Å². The molecular formula is C21H24N2O4. The Balaban J connectivity index is 1.62. The number of likely N-dealkylation sites (tertiary alicyclic amines) is 1. The molecule has 27 heavy (non-hydrogen) atoms. The van der Waals surface area contributed by atoms with Gasteiger partial charge in [-0.25, -0.2) is 0 Å². The lowest BCUT2D eigenvalue weighted by atomic mass is 10.1. The van der Waals surface area contributed by atoms with Crippen LogP contribution in [0.5, 0.6) is 11.5 Å². The van der Waals surface area contributed by atoms with Crippen LogP contribution in [0.25, 0.3) is 0 Å². The van der Waals surface area contributed by atoms with E-state index in [1.165, 1.54) is 7.11 Å². The molecule has 1 aliphatic rings. The molecule has 6 heteroatoms. The van der Waals surface area contributed by atoms with E-state index in [0.717, 1.165) is 31.5 Å². The second-order valence-corrected chi connectivity index (χ2v) is 6.49. The van der Waals surface area contributed by atoms with Gasteiger partial charge < -0.3 is 19.7 Å². The van der Waals surface area contributed by atoms with E-state index in [9.17, 15) is 9.59 Å². The van der Waals surface area contributed by atoms with Crippen molar-refractivity contribution in [2.45, 2.75) is 19.3 Å². The molecule has 1 saturated heterocycles. The molecule has 1 heterocycles. The van der Waals surface area contributed by atoms with Gasteiger partial charge in [-0.05, 0) is 48.7 Å². The van der Waals surface area contributed by atoms with Gasteiger partial charge in [0, 0.05) is 24.3 Å². The fourth-order valence-corrected chi connectivity index (χ4v) is 3.14. The quantitative estimate of drug-likeness (QED) is 0.851. The number of carbonyl (C=O) groups excluding carboxylic acids is 2. The van der Waals surface area contributed by atoms with Gasteiger partial charge in [0.15, 0.2) is 11.5 Å². The van der Waals surface area contributed by atoms with E-state index in [1.54, 1.807) is 25.3 Å². The first-order valence-electron chi connectivity index (χ1n) is 9.01. The van der Waals surface area contributed by atoms with E-state index in [4.69, 9.17) is 9.47 Å². The van der Waals surface area contributed by atoms with Gasteiger partial charge in [0.2, 0.25) is 5.91 Å². The van der Waals surface area contributed by atoms with Crippen LogP contribution in [0, 0.1) is 0 Å². The lowest BCUT2D eigenvalue weighted by Crippen LogP contribution is -2.29. The number of hydrogen-bond donors (Lipinski definition) is 1. The third-order valence-electron chi connectivity index (χ3n) is 4.67. The van der Waals surface area contributed by atoms with Crippen molar-refractivity contribution in [1.82, 2.24) is 4.90 Å². The number of carbonyl (C=O) groups is 2. The molecule has 2 aromatic rings. The lowest BCUT2D eigenvalue weighted by Gasteiger charge is -2.15. The van der Waals surface area contributed by atoms with Crippen LogP contribution in [-0.2, 0) is 11.2 Å². The number of benzene rings is 2. The van der Waals surface area contributed by atoms with Gasteiger partial charge >= 0.3 is 0 Å². The van der Waals surface area contributed by atoms with Crippen LogP contribution in [0.15, 0.2) is 42.5 Å². The maximum absolute atomic E-state index is 12.5. The maximum atomic E-state index is 12.5. The number of anilines is 1. The topological polar surface area (TPSA) is 67.9 Å². The normalized spacial score (nSPS) is 13.3. The predicted octanol–water partition coefficient (Wildman–Crippen LogP) is 3.12. The zero-order valence-electron chi connectivity index (χ0n) is 15.7. The third-order valence-corrected chi connectivity index (χ3v) is 4.67. The second kappa shape index (κ2) is 8.58. The Bertz CT molecular complexity index is 811. The van der Waals surface area contributed by atoms with Crippen LogP contribution in [0.3, 0.4) is 0 Å². The number of hydrogen-bond acceptors (Lipinski definition) is 4. The van der Waals surface area contributed by atoms with Crippen LogP contribution >= 0.6 is 0 Å². The molecule has 3 rings (SSSR count). The molecule has 0 radical (unpaired) electrons. The summed E-state index contributed by atoms with van der Waals surface area (Å²) in [6.45, 7) is 1.72. The number of nitrogens with one attached hydrogen (secondary N) is 1. The molecule has 142 valence electrons. The van der Waals surface area contributed by atoms with Crippen LogP contribution in [0.4, 0.5) is 5.69 Å². The highest BCUT2D eigenvalue weighted by Crippen LogP contribution is 2.28. The summed E-state index contributed by atoms with van der Waals surface area (Å²) in [5.41, 5.74) is 2.09. The second-order valence-electron chi connectivity index (χ2n) is 6.49. The van der Waals surface area contributed by atoms with E-state index >= 15 is 0 Å². The highest BCUT2D eigenvalue weighted by Gasteiger charge is 2.18. The fourth-order valence-electron chi connectivity index (χ4n) is 3.14. The Labute approximate surface area is 159 Å². The molecule has 1 fully saturated rings. The molecule has 0 spiro atoms. The minimum atomic E-state index is -0.239. The minimum Gasteiger partial charge on any atom is -0.493 e. The molecular weight excluding hydrogens is 344 g/mol. The molecule has 0 atom stereocenters. The zero-order valence-corrected chi connectivity index (χ0v) is 15.7. The molecule has 2 aromatic carbocycles. The van der Waals surface area contributed by atoms with Crippen molar-refractivity contribution in [3.63, 3.8) is 0 Å². The van der Waals surface area contributed by atoms with Crippen LogP contribution in [-0.4, -0.2) is 44.0 Å². The zero-order chi connectivity index (χ0) is 19.2. The number of rotatable bonds is 6. The number of nitrogens with zero attached hydrogens (tertiary/aromatic N) is 1. The Kier molecular flexibility index (Phi) is 5.96. The average Bonchev–Trinajstić information content (AvgIpc) is 3.24. The Morgan fingerprint density at radius 2 is 1.63 bits per heavy atom. The van der Waals surface area contributed by atoms with Crippen LogP contribution in [0.1, 0.15) is 28.8 Å². The van der Waals surface area contributed by atoms with Gasteiger partial charge in [0.1, 0.15) is 0 Å². The Morgan fingerprint density at radius 3 is 2.26 bits per heavy atom. The van der Waals surface area contributed by atoms with Crippen molar-refractivity contribution in [3.05, 3.63) is 53.6 Å². The monoisotopic (exact) mass is 368 g/mol. The summed E-state index contributed by atoms with van der Waals surface area (Å²) >= 11 is 0. The molecule has 0 saturated carbocycles. The number of methoxy groups -OCH3 is 2. The van der Waals surface area contributed by atoms with E-state index in [0.29, 0.717) is 29.2 Å². The third kappa shape index (κ3) is 4.58. The molecule has 2 amide bonds. The summed E-state index contributed by atoms with van der Waals surface area (Å²) in [4.78, 5) is 26.6. The van der Waals surface area contributed by atoms with Crippen molar-refractivity contribution in [2.75, 3.05) is 32.6 Å². The van der Waals surface area contributed by atoms with Crippen molar-refractivity contribution in [1.29, 1.82) is 0 Å². The number of amides is 2. The summed E-state index contributed by atoms with van der Waals surface area (Å²) in [6.07, 6.45) is 2.57. The highest BCUT2D eigenvalue weighted by molar-refractivity contribution is 6.04. The molecule has 1 aliphatic heterocycles. The van der Waals surface area contributed by atoms with Gasteiger partial charge in [-0.2, -0.15) is 0 Å². The first-order chi connectivity index (χ1) is 13.1.